The van der Waals surface area contributed by atoms with Crippen molar-refractivity contribution in [3.05, 3.63) is 24.4 Å². The zero-order valence-electron chi connectivity index (χ0n) is 8.82. The van der Waals surface area contributed by atoms with Crippen molar-refractivity contribution in [2.75, 3.05) is 5.32 Å². The molecule has 0 aliphatic carbocycles. The first-order valence-corrected chi connectivity index (χ1v) is 4.92. The minimum absolute atomic E-state index is 0.0246. The number of carbonyl (C=O) groups excluding carboxylic acids is 1. The van der Waals surface area contributed by atoms with Crippen LogP contribution in [0.5, 0.6) is 0 Å². The normalized spacial score (nSPS) is 10.5. The number of hydrogen-bond acceptors (Lipinski definition) is 2. The van der Waals surface area contributed by atoms with E-state index in [1.807, 2.05) is 32.2 Å². The van der Waals surface area contributed by atoms with Gasteiger partial charge in [0, 0.05) is 24.5 Å². The van der Waals surface area contributed by atoms with E-state index in [1.54, 1.807) is 10.9 Å². The Bertz CT molecular complexity index is 502. The number of nitrogens with one attached hydrogen (secondary N) is 1. The van der Waals surface area contributed by atoms with E-state index in [1.165, 1.54) is 0 Å². The van der Waals surface area contributed by atoms with Gasteiger partial charge in [0.25, 0.3) is 0 Å². The van der Waals surface area contributed by atoms with Crippen LogP contribution < -0.4 is 5.32 Å². The Balaban J connectivity index is 2.37. The molecule has 0 saturated carbocycles. The molecule has 2 rings (SSSR count). The molecule has 0 fully saturated rings. The molecule has 0 aliphatic heterocycles. The second kappa shape index (κ2) is 3.73. The minimum Gasteiger partial charge on any atom is -0.326 e. The van der Waals surface area contributed by atoms with Crippen molar-refractivity contribution in [3.8, 4) is 0 Å². The smallest absolute Gasteiger partial charge is 0.224 e. The van der Waals surface area contributed by atoms with Crippen molar-refractivity contribution < 1.29 is 4.79 Å². The van der Waals surface area contributed by atoms with Gasteiger partial charge in [0.15, 0.2) is 0 Å². The summed E-state index contributed by atoms with van der Waals surface area (Å²) in [4.78, 5) is 11.2. The Hall–Kier alpha value is -1.84. The quantitative estimate of drug-likeness (QED) is 0.810. The predicted octanol–water partition coefficient (Wildman–Crippen LogP) is 1.92. The number of aromatic nitrogens is 2. The van der Waals surface area contributed by atoms with Gasteiger partial charge in [-0.2, -0.15) is 5.10 Å². The Kier molecular flexibility index (Phi) is 2.41. The molecule has 78 valence electrons. The molecule has 4 nitrogen and oxygen atoms in total. The first-order chi connectivity index (χ1) is 7.20. The summed E-state index contributed by atoms with van der Waals surface area (Å²) in [6.45, 7) is 1.83. The lowest BCUT2D eigenvalue weighted by Crippen LogP contribution is -2.09. The molecule has 0 unspecified atom stereocenters. The monoisotopic (exact) mass is 203 g/mol. The lowest BCUT2D eigenvalue weighted by Gasteiger charge is -2.03. The third-order valence-corrected chi connectivity index (χ3v) is 2.35. The summed E-state index contributed by atoms with van der Waals surface area (Å²) < 4.78 is 1.79. The van der Waals surface area contributed by atoms with E-state index in [9.17, 15) is 4.79 Å². The van der Waals surface area contributed by atoms with E-state index in [0.29, 0.717) is 6.42 Å². The van der Waals surface area contributed by atoms with Crippen molar-refractivity contribution >= 4 is 22.5 Å². The number of hydrogen-bond donors (Lipinski definition) is 1. The molecule has 0 radical (unpaired) electrons. The molecule has 0 spiro atoms. The first-order valence-electron chi connectivity index (χ1n) is 4.92. The standard InChI is InChI=1S/C11H13N3O/c1-3-11(15)13-9-5-4-8-7-12-14(2)10(8)6-9/h4-7H,3H2,1-2H3,(H,13,15). The topological polar surface area (TPSA) is 46.9 Å². The Labute approximate surface area is 87.9 Å². The van der Waals surface area contributed by atoms with Crippen molar-refractivity contribution in [1.29, 1.82) is 0 Å². The van der Waals surface area contributed by atoms with Crippen LogP contribution in [-0.2, 0) is 11.8 Å². The van der Waals surface area contributed by atoms with Gasteiger partial charge >= 0.3 is 0 Å². The fraction of sp³-hybridized carbons (Fsp3) is 0.273. The van der Waals surface area contributed by atoms with E-state index >= 15 is 0 Å². The number of rotatable bonds is 2. The highest BCUT2D eigenvalue weighted by Gasteiger charge is 2.02. The van der Waals surface area contributed by atoms with Crippen molar-refractivity contribution in [2.45, 2.75) is 13.3 Å². The van der Waals surface area contributed by atoms with Gasteiger partial charge in [0.05, 0.1) is 11.7 Å². The first kappa shape index (κ1) is 9.71. The van der Waals surface area contributed by atoms with Crippen LogP contribution >= 0.6 is 0 Å². The van der Waals surface area contributed by atoms with Gasteiger partial charge in [-0.15, -0.1) is 0 Å². The van der Waals surface area contributed by atoms with Crippen LogP contribution in [0.4, 0.5) is 5.69 Å². The number of fused-ring (bicyclic) bond motifs is 1. The molecular weight excluding hydrogens is 190 g/mol. The molecule has 0 saturated heterocycles. The largest absolute Gasteiger partial charge is 0.326 e. The molecule has 1 N–H and O–H groups in total. The summed E-state index contributed by atoms with van der Waals surface area (Å²) in [6, 6.07) is 5.76. The van der Waals surface area contributed by atoms with Crippen molar-refractivity contribution in [1.82, 2.24) is 9.78 Å². The summed E-state index contributed by atoms with van der Waals surface area (Å²) in [5, 5.41) is 8.04. The van der Waals surface area contributed by atoms with Gasteiger partial charge in [-0.05, 0) is 18.2 Å². The fourth-order valence-corrected chi connectivity index (χ4v) is 1.47. The van der Waals surface area contributed by atoms with Crippen LogP contribution in [0.2, 0.25) is 0 Å². The molecule has 0 aliphatic rings. The highest BCUT2D eigenvalue weighted by Crippen LogP contribution is 2.18. The summed E-state index contributed by atoms with van der Waals surface area (Å²) in [7, 11) is 1.88. The Morgan fingerprint density at radius 1 is 1.53 bits per heavy atom. The van der Waals surface area contributed by atoms with Gasteiger partial charge in [-0.3, -0.25) is 9.48 Å². The lowest BCUT2D eigenvalue weighted by molar-refractivity contribution is -0.115. The number of carbonyl (C=O) groups is 1. The average molecular weight is 203 g/mol. The molecule has 1 aromatic heterocycles. The second-order valence-electron chi connectivity index (χ2n) is 3.44. The van der Waals surface area contributed by atoms with Crippen LogP contribution in [0.1, 0.15) is 13.3 Å². The summed E-state index contributed by atoms with van der Waals surface area (Å²) in [6.07, 6.45) is 2.30. The van der Waals surface area contributed by atoms with Crippen molar-refractivity contribution in [2.24, 2.45) is 7.05 Å². The molecule has 0 bridgehead atoms. The lowest BCUT2D eigenvalue weighted by atomic mass is 10.2. The van der Waals surface area contributed by atoms with Gasteiger partial charge in [0.2, 0.25) is 5.91 Å². The minimum atomic E-state index is 0.0246. The summed E-state index contributed by atoms with van der Waals surface area (Å²) >= 11 is 0. The van der Waals surface area contributed by atoms with Crippen molar-refractivity contribution in [3.63, 3.8) is 0 Å². The van der Waals surface area contributed by atoms with Gasteiger partial charge < -0.3 is 5.32 Å². The Morgan fingerprint density at radius 2 is 2.33 bits per heavy atom. The molecule has 1 amide bonds. The average Bonchev–Trinajstić information content (AvgIpc) is 2.60. The van der Waals surface area contributed by atoms with E-state index in [-0.39, 0.29) is 5.91 Å². The highest BCUT2D eigenvalue weighted by molar-refractivity contribution is 5.93. The van der Waals surface area contributed by atoms with E-state index < -0.39 is 0 Å². The molecule has 0 atom stereocenters. The summed E-state index contributed by atoms with van der Waals surface area (Å²) in [5.41, 5.74) is 1.84. The number of anilines is 1. The predicted molar refractivity (Wildman–Crippen MR) is 59.6 cm³/mol. The van der Waals surface area contributed by atoms with Crippen LogP contribution in [0.3, 0.4) is 0 Å². The van der Waals surface area contributed by atoms with E-state index in [2.05, 4.69) is 10.4 Å². The summed E-state index contributed by atoms with van der Waals surface area (Å²) in [5.74, 6) is 0.0246. The van der Waals surface area contributed by atoms with Gasteiger partial charge in [-0.1, -0.05) is 6.92 Å². The van der Waals surface area contributed by atoms with Crippen LogP contribution in [0, 0.1) is 0 Å². The zero-order chi connectivity index (χ0) is 10.8. The third kappa shape index (κ3) is 1.83. The second-order valence-corrected chi connectivity index (χ2v) is 3.44. The third-order valence-electron chi connectivity index (χ3n) is 2.35. The molecule has 1 aromatic carbocycles. The number of amides is 1. The number of benzene rings is 1. The fourth-order valence-electron chi connectivity index (χ4n) is 1.47. The van der Waals surface area contributed by atoms with Crippen LogP contribution in [0.25, 0.3) is 10.9 Å². The number of aryl methyl sites for hydroxylation is 1. The maximum atomic E-state index is 11.2. The SMILES string of the molecule is CCC(=O)Nc1ccc2cnn(C)c2c1. The number of nitrogens with zero attached hydrogens (tertiary/aromatic N) is 2. The van der Waals surface area contributed by atoms with E-state index in [4.69, 9.17) is 0 Å². The van der Waals surface area contributed by atoms with Crippen LogP contribution in [-0.4, -0.2) is 15.7 Å². The zero-order valence-corrected chi connectivity index (χ0v) is 8.82. The molecular formula is C11H13N3O. The molecule has 1 heterocycles. The van der Waals surface area contributed by atoms with Gasteiger partial charge in [0.1, 0.15) is 0 Å². The molecule has 15 heavy (non-hydrogen) atoms. The maximum Gasteiger partial charge on any atom is 0.224 e. The molecule has 4 heteroatoms. The van der Waals surface area contributed by atoms with Gasteiger partial charge in [-0.25, -0.2) is 0 Å². The molecule has 2 aromatic rings. The Morgan fingerprint density at radius 3 is 3.07 bits per heavy atom. The van der Waals surface area contributed by atoms with Crippen LogP contribution in [0.15, 0.2) is 24.4 Å². The van der Waals surface area contributed by atoms with E-state index in [0.717, 1.165) is 16.6 Å². The highest BCUT2D eigenvalue weighted by atomic mass is 16.1. The maximum absolute atomic E-state index is 11.2.